The average molecular weight is 447 g/mol. The number of hydrogen-bond acceptors (Lipinski definition) is 3. The lowest BCUT2D eigenvalue weighted by atomic mass is 9.82. The molecule has 4 rings (SSSR count). The van der Waals surface area contributed by atoms with Gasteiger partial charge in [0.25, 0.3) is 5.91 Å². The lowest BCUT2D eigenvalue weighted by molar-refractivity contribution is 0.0419. The molecule has 0 N–H and O–H groups in total. The molecule has 1 heterocycles. The molecule has 0 bridgehead atoms. The topological polar surface area (TPSA) is 32.8 Å². The molecular weight excluding hydrogens is 419 g/mol. The van der Waals surface area contributed by atoms with E-state index in [0.29, 0.717) is 23.0 Å². The molecule has 2 aliphatic rings. The zero-order valence-corrected chi connectivity index (χ0v) is 18.8. The van der Waals surface area contributed by atoms with Crippen molar-refractivity contribution in [3.05, 3.63) is 63.6 Å². The van der Waals surface area contributed by atoms with E-state index >= 15 is 0 Å². The zero-order chi connectivity index (χ0) is 21.1. The number of carbonyl (C=O) groups is 1. The summed E-state index contributed by atoms with van der Waals surface area (Å²) in [6.07, 6.45) is 4.56. The Kier molecular flexibility index (Phi) is 6.87. The van der Waals surface area contributed by atoms with Crippen LogP contribution in [0.1, 0.15) is 41.6 Å². The molecule has 0 atom stereocenters. The van der Waals surface area contributed by atoms with E-state index in [1.807, 2.05) is 19.2 Å². The second-order valence-electron chi connectivity index (χ2n) is 8.49. The number of nitrogens with zero attached hydrogens (tertiary/aromatic N) is 2. The minimum absolute atomic E-state index is 0.000438. The van der Waals surface area contributed by atoms with Crippen LogP contribution < -0.4 is 4.74 Å². The van der Waals surface area contributed by atoms with Gasteiger partial charge in [0.05, 0.1) is 11.1 Å². The number of amides is 1. The average Bonchev–Trinajstić information content (AvgIpc) is 3.21. The number of halogens is 2. The van der Waals surface area contributed by atoms with Gasteiger partial charge in [-0.1, -0.05) is 41.4 Å². The van der Waals surface area contributed by atoms with E-state index < -0.39 is 0 Å². The van der Waals surface area contributed by atoms with Gasteiger partial charge in [0.2, 0.25) is 0 Å². The van der Waals surface area contributed by atoms with Crippen molar-refractivity contribution in [2.45, 2.75) is 38.3 Å². The number of rotatable bonds is 7. The summed E-state index contributed by atoms with van der Waals surface area (Å²) in [4.78, 5) is 16.8. The monoisotopic (exact) mass is 446 g/mol. The summed E-state index contributed by atoms with van der Waals surface area (Å²) in [5.74, 6) is 1.22. The van der Waals surface area contributed by atoms with Gasteiger partial charge in [-0.05, 0) is 74.5 Å². The SMILES string of the molecule is CN(CC1CC(Oc2cccc(CN3CCCC3)c2Cl)C1)C(=O)c1cccc(Cl)c1. The van der Waals surface area contributed by atoms with Crippen molar-refractivity contribution in [3.8, 4) is 5.75 Å². The fourth-order valence-corrected chi connectivity index (χ4v) is 4.78. The van der Waals surface area contributed by atoms with Crippen molar-refractivity contribution >= 4 is 29.1 Å². The third-order valence-electron chi connectivity index (χ3n) is 6.07. The van der Waals surface area contributed by atoms with Gasteiger partial charge in [0.1, 0.15) is 5.75 Å². The maximum Gasteiger partial charge on any atom is 0.253 e. The summed E-state index contributed by atoms with van der Waals surface area (Å²) in [5.41, 5.74) is 1.76. The highest BCUT2D eigenvalue weighted by molar-refractivity contribution is 6.32. The summed E-state index contributed by atoms with van der Waals surface area (Å²) in [7, 11) is 1.84. The highest BCUT2D eigenvalue weighted by Gasteiger charge is 2.33. The van der Waals surface area contributed by atoms with Crippen LogP contribution in [0.25, 0.3) is 0 Å². The third kappa shape index (κ3) is 5.11. The van der Waals surface area contributed by atoms with Crippen LogP contribution in [-0.4, -0.2) is 48.5 Å². The quantitative estimate of drug-likeness (QED) is 0.561. The van der Waals surface area contributed by atoms with Crippen LogP contribution in [-0.2, 0) is 6.54 Å². The smallest absolute Gasteiger partial charge is 0.253 e. The molecule has 2 aromatic carbocycles. The summed E-state index contributed by atoms with van der Waals surface area (Å²) >= 11 is 12.6. The molecule has 0 unspecified atom stereocenters. The standard InChI is InChI=1S/C24H28Cl2N2O2/c1-27(24(29)18-6-4-8-20(25)14-18)15-17-12-21(13-17)30-22-9-5-7-19(23(22)26)16-28-10-2-3-11-28/h4-9,14,17,21H,2-3,10-13,15-16H2,1H3. The number of hydrogen-bond donors (Lipinski definition) is 0. The van der Waals surface area contributed by atoms with Crippen molar-refractivity contribution in [3.63, 3.8) is 0 Å². The molecule has 1 amide bonds. The molecule has 1 aliphatic carbocycles. The van der Waals surface area contributed by atoms with E-state index in [0.717, 1.165) is 48.8 Å². The van der Waals surface area contributed by atoms with Crippen molar-refractivity contribution < 1.29 is 9.53 Å². The fraction of sp³-hybridized carbons (Fsp3) is 0.458. The first kappa shape index (κ1) is 21.5. The Labute approximate surface area is 188 Å². The second kappa shape index (κ2) is 9.59. The molecule has 2 fully saturated rings. The minimum atomic E-state index is -0.000438. The third-order valence-corrected chi connectivity index (χ3v) is 6.74. The van der Waals surface area contributed by atoms with Gasteiger partial charge in [-0.3, -0.25) is 9.69 Å². The van der Waals surface area contributed by atoms with E-state index in [-0.39, 0.29) is 12.0 Å². The number of likely N-dealkylation sites (tertiary alicyclic amines) is 1. The minimum Gasteiger partial charge on any atom is -0.489 e. The van der Waals surface area contributed by atoms with Crippen molar-refractivity contribution in [1.82, 2.24) is 9.80 Å². The second-order valence-corrected chi connectivity index (χ2v) is 9.30. The van der Waals surface area contributed by atoms with Gasteiger partial charge in [-0.2, -0.15) is 0 Å². The maximum absolute atomic E-state index is 12.6. The summed E-state index contributed by atoms with van der Waals surface area (Å²) in [5, 5.41) is 1.32. The zero-order valence-electron chi connectivity index (χ0n) is 17.3. The lowest BCUT2D eigenvalue weighted by Crippen LogP contribution is -2.42. The number of benzene rings is 2. The molecular formula is C24H28Cl2N2O2. The molecule has 1 aliphatic heterocycles. The molecule has 2 aromatic rings. The van der Waals surface area contributed by atoms with Gasteiger partial charge in [0, 0.05) is 30.7 Å². The van der Waals surface area contributed by atoms with Crippen LogP contribution in [0.5, 0.6) is 5.75 Å². The largest absolute Gasteiger partial charge is 0.489 e. The van der Waals surface area contributed by atoms with Gasteiger partial charge >= 0.3 is 0 Å². The Morgan fingerprint density at radius 1 is 1.13 bits per heavy atom. The van der Waals surface area contributed by atoms with Gasteiger partial charge < -0.3 is 9.64 Å². The van der Waals surface area contributed by atoms with Crippen LogP contribution in [0.3, 0.4) is 0 Å². The molecule has 1 saturated carbocycles. The predicted octanol–water partition coefficient (Wildman–Crippen LogP) is 5.52. The molecule has 0 aromatic heterocycles. The Morgan fingerprint density at radius 2 is 1.87 bits per heavy atom. The first-order valence-electron chi connectivity index (χ1n) is 10.7. The van der Waals surface area contributed by atoms with Crippen LogP contribution in [0, 0.1) is 5.92 Å². The molecule has 0 spiro atoms. The summed E-state index contributed by atoms with van der Waals surface area (Å²) < 4.78 is 6.19. The molecule has 30 heavy (non-hydrogen) atoms. The first-order valence-corrected chi connectivity index (χ1v) is 11.4. The van der Waals surface area contributed by atoms with Crippen LogP contribution in [0.4, 0.5) is 0 Å². The maximum atomic E-state index is 12.6. The number of ether oxygens (including phenoxy) is 1. The Bertz CT molecular complexity index is 893. The Hall–Kier alpha value is -1.75. The Balaban J connectivity index is 1.27. The number of carbonyl (C=O) groups excluding carboxylic acids is 1. The Morgan fingerprint density at radius 3 is 2.60 bits per heavy atom. The van der Waals surface area contributed by atoms with Crippen LogP contribution in [0.15, 0.2) is 42.5 Å². The fourth-order valence-electron chi connectivity index (χ4n) is 4.36. The molecule has 6 heteroatoms. The van der Waals surface area contributed by atoms with E-state index in [9.17, 15) is 4.79 Å². The molecule has 1 saturated heterocycles. The van der Waals surface area contributed by atoms with E-state index in [1.165, 1.54) is 12.8 Å². The van der Waals surface area contributed by atoms with Gasteiger partial charge in [-0.15, -0.1) is 0 Å². The highest BCUT2D eigenvalue weighted by atomic mass is 35.5. The van der Waals surface area contributed by atoms with Crippen molar-refractivity contribution in [2.75, 3.05) is 26.7 Å². The van der Waals surface area contributed by atoms with Crippen LogP contribution >= 0.6 is 23.2 Å². The van der Waals surface area contributed by atoms with Crippen molar-refractivity contribution in [2.24, 2.45) is 5.92 Å². The van der Waals surface area contributed by atoms with Crippen LogP contribution in [0.2, 0.25) is 10.0 Å². The first-order chi connectivity index (χ1) is 14.5. The summed E-state index contributed by atoms with van der Waals surface area (Å²) in [6, 6.07) is 13.2. The van der Waals surface area contributed by atoms with Gasteiger partial charge in [0.15, 0.2) is 0 Å². The van der Waals surface area contributed by atoms with E-state index in [2.05, 4.69) is 11.0 Å². The highest BCUT2D eigenvalue weighted by Crippen LogP contribution is 2.36. The normalized spacial score (nSPS) is 21.3. The molecule has 0 radical (unpaired) electrons. The lowest BCUT2D eigenvalue weighted by Gasteiger charge is -2.37. The predicted molar refractivity (Wildman–Crippen MR) is 122 cm³/mol. The van der Waals surface area contributed by atoms with E-state index in [4.69, 9.17) is 27.9 Å². The van der Waals surface area contributed by atoms with Gasteiger partial charge in [-0.25, -0.2) is 0 Å². The van der Waals surface area contributed by atoms with E-state index in [1.54, 1.807) is 29.2 Å². The van der Waals surface area contributed by atoms with Crippen molar-refractivity contribution in [1.29, 1.82) is 0 Å². The molecule has 4 nitrogen and oxygen atoms in total. The molecule has 160 valence electrons. The summed E-state index contributed by atoms with van der Waals surface area (Å²) in [6.45, 7) is 3.90.